The lowest BCUT2D eigenvalue weighted by molar-refractivity contribution is 1.18. The lowest BCUT2D eigenvalue weighted by atomic mass is 10.0. The van der Waals surface area contributed by atoms with E-state index in [1.54, 1.807) is 13.1 Å². The standard InChI is InChI=1S/C6H11BN2/c1-4-6(7)9-5(2)8-3/h4H,1-3H3,(H,8,9)/b6-4-. The third-order valence-corrected chi connectivity index (χ3v) is 0.972. The van der Waals surface area contributed by atoms with Crippen LogP contribution in [0.4, 0.5) is 0 Å². The van der Waals surface area contributed by atoms with Gasteiger partial charge in [0.15, 0.2) is 0 Å². The van der Waals surface area contributed by atoms with Crippen molar-refractivity contribution in [3.63, 3.8) is 0 Å². The number of allylic oxidation sites excluding steroid dienone is 1. The SMILES string of the molecule is [B]/C(=C/C)NC(C)=NC. The van der Waals surface area contributed by atoms with E-state index in [1.807, 2.05) is 13.8 Å². The summed E-state index contributed by atoms with van der Waals surface area (Å²) in [6, 6.07) is 0. The number of nitrogens with one attached hydrogen (secondary N) is 1. The topological polar surface area (TPSA) is 24.4 Å². The van der Waals surface area contributed by atoms with Crippen molar-refractivity contribution in [2.45, 2.75) is 13.8 Å². The summed E-state index contributed by atoms with van der Waals surface area (Å²) in [5.74, 6) is 0.825. The van der Waals surface area contributed by atoms with E-state index in [-0.39, 0.29) is 0 Å². The van der Waals surface area contributed by atoms with Gasteiger partial charge in [0.25, 0.3) is 0 Å². The second kappa shape index (κ2) is 4.18. The van der Waals surface area contributed by atoms with E-state index in [0.717, 1.165) is 5.84 Å². The summed E-state index contributed by atoms with van der Waals surface area (Å²) in [6.07, 6.45) is 1.79. The van der Waals surface area contributed by atoms with Crippen LogP contribution in [-0.2, 0) is 0 Å². The van der Waals surface area contributed by atoms with E-state index in [9.17, 15) is 0 Å². The van der Waals surface area contributed by atoms with Crippen molar-refractivity contribution >= 4 is 13.7 Å². The third kappa shape index (κ3) is 3.82. The van der Waals surface area contributed by atoms with E-state index in [2.05, 4.69) is 10.3 Å². The molecule has 0 rings (SSSR count). The van der Waals surface area contributed by atoms with Gasteiger partial charge in [0.2, 0.25) is 0 Å². The summed E-state index contributed by atoms with van der Waals surface area (Å²) in [5, 5.41) is 2.87. The third-order valence-electron chi connectivity index (χ3n) is 0.972. The highest BCUT2D eigenvalue weighted by Crippen LogP contribution is 1.79. The molecule has 9 heavy (non-hydrogen) atoms. The predicted molar refractivity (Wildman–Crippen MR) is 41.7 cm³/mol. The van der Waals surface area contributed by atoms with Crippen LogP contribution in [0.15, 0.2) is 16.7 Å². The first-order valence-corrected chi connectivity index (χ1v) is 2.83. The predicted octanol–water partition coefficient (Wildman–Crippen LogP) is 0.654. The maximum Gasteiger partial charge on any atom is 0.137 e. The van der Waals surface area contributed by atoms with Crippen molar-refractivity contribution in [2.24, 2.45) is 4.99 Å². The first-order valence-electron chi connectivity index (χ1n) is 2.83. The number of amidine groups is 1. The van der Waals surface area contributed by atoms with Crippen LogP contribution in [0.1, 0.15) is 13.8 Å². The van der Waals surface area contributed by atoms with Gasteiger partial charge in [-0.25, -0.2) is 0 Å². The minimum absolute atomic E-state index is 0.637. The van der Waals surface area contributed by atoms with Crippen LogP contribution >= 0.6 is 0 Å². The summed E-state index contributed by atoms with van der Waals surface area (Å²) < 4.78 is 0. The average Bonchev–Trinajstić information content (AvgIpc) is 1.87. The highest BCUT2D eigenvalue weighted by atomic mass is 15.0. The normalized spacial score (nSPS) is 13.7. The van der Waals surface area contributed by atoms with Crippen molar-refractivity contribution in [2.75, 3.05) is 7.05 Å². The van der Waals surface area contributed by atoms with E-state index in [0.29, 0.717) is 5.60 Å². The van der Waals surface area contributed by atoms with E-state index >= 15 is 0 Å². The first kappa shape index (κ1) is 8.27. The Labute approximate surface area is 57.5 Å². The molecule has 0 amide bonds. The molecule has 0 heterocycles. The van der Waals surface area contributed by atoms with Gasteiger partial charge in [-0.15, -0.1) is 0 Å². The van der Waals surface area contributed by atoms with Crippen molar-refractivity contribution in [3.05, 3.63) is 11.7 Å². The Bertz CT molecular complexity index is 122. The summed E-state index contributed by atoms with van der Waals surface area (Å²) in [4.78, 5) is 3.86. The zero-order valence-electron chi connectivity index (χ0n) is 6.10. The van der Waals surface area contributed by atoms with Crippen LogP contribution in [0.3, 0.4) is 0 Å². The monoisotopic (exact) mass is 122 g/mol. The Hall–Kier alpha value is -0.725. The van der Waals surface area contributed by atoms with Gasteiger partial charge in [-0.1, -0.05) is 6.08 Å². The van der Waals surface area contributed by atoms with E-state index in [1.165, 1.54) is 0 Å². The molecule has 0 aromatic heterocycles. The largest absolute Gasteiger partial charge is 0.358 e. The number of rotatable bonds is 1. The lowest BCUT2D eigenvalue weighted by Gasteiger charge is -2.02. The molecule has 0 spiro atoms. The molecule has 48 valence electrons. The lowest BCUT2D eigenvalue weighted by Crippen LogP contribution is -2.19. The Kier molecular flexibility index (Phi) is 3.85. The Morgan fingerprint density at radius 3 is 2.56 bits per heavy atom. The number of aliphatic imine (C=N–C) groups is 1. The van der Waals surface area contributed by atoms with Crippen LogP contribution in [-0.4, -0.2) is 20.7 Å². The summed E-state index contributed by atoms with van der Waals surface area (Å²) in [6.45, 7) is 3.72. The van der Waals surface area contributed by atoms with Crippen LogP contribution in [0.25, 0.3) is 0 Å². The summed E-state index contributed by atoms with van der Waals surface area (Å²) >= 11 is 0. The van der Waals surface area contributed by atoms with Crippen LogP contribution < -0.4 is 5.32 Å². The molecule has 0 aliphatic carbocycles. The molecule has 0 aliphatic heterocycles. The fourth-order valence-electron chi connectivity index (χ4n) is 0.337. The Balaban J connectivity index is 3.75. The van der Waals surface area contributed by atoms with Crippen LogP contribution in [0.2, 0.25) is 0 Å². The molecule has 3 heteroatoms. The van der Waals surface area contributed by atoms with Gasteiger partial charge < -0.3 is 5.32 Å². The minimum Gasteiger partial charge on any atom is -0.358 e. The molecule has 1 N–H and O–H groups in total. The maximum atomic E-state index is 5.42. The fraction of sp³-hybridized carbons (Fsp3) is 0.500. The van der Waals surface area contributed by atoms with Crippen LogP contribution in [0.5, 0.6) is 0 Å². The molecule has 0 aliphatic rings. The molecule has 0 bridgehead atoms. The highest BCUT2D eigenvalue weighted by molar-refractivity contribution is 6.22. The van der Waals surface area contributed by atoms with Gasteiger partial charge in [0, 0.05) is 7.05 Å². The van der Waals surface area contributed by atoms with Gasteiger partial charge in [0.05, 0.1) is 5.84 Å². The molecule has 2 nitrogen and oxygen atoms in total. The zero-order valence-corrected chi connectivity index (χ0v) is 6.10. The van der Waals surface area contributed by atoms with Crippen molar-refractivity contribution < 1.29 is 0 Å². The highest BCUT2D eigenvalue weighted by Gasteiger charge is 1.85. The minimum atomic E-state index is 0.637. The average molecular weight is 122 g/mol. The van der Waals surface area contributed by atoms with Gasteiger partial charge in [-0.05, 0) is 19.4 Å². The molecule has 0 saturated carbocycles. The molecule has 0 unspecified atom stereocenters. The molecular formula is C6H11BN2. The number of nitrogens with zero attached hydrogens (tertiary/aromatic N) is 1. The molecule has 0 saturated heterocycles. The van der Waals surface area contributed by atoms with Gasteiger partial charge in [0.1, 0.15) is 7.85 Å². The van der Waals surface area contributed by atoms with Gasteiger partial charge in [-0.3, -0.25) is 4.99 Å². The van der Waals surface area contributed by atoms with Crippen molar-refractivity contribution in [3.8, 4) is 0 Å². The molecule has 2 radical (unpaired) electrons. The van der Waals surface area contributed by atoms with E-state index in [4.69, 9.17) is 7.85 Å². The Morgan fingerprint density at radius 1 is 1.67 bits per heavy atom. The van der Waals surface area contributed by atoms with Gasteiger partial charge >= 0.3 is 0 Å². The zero-order chi connectivity index (χ0) is 7.28. The van der Waals surface area contributed by atoms with E-state index < -0.39 is 0 Å². The molecular weight excluding hydrogens is 111 g/mol. The van der Waals surface area contributed by atoms with Gasteiger partial charge in [-0.2, -0.15) is 0 Å². The number of hydrogen-bond acceptors (Lipinski definition) is 1. The molecule has 0 atom stereocenters. The smallest absolute Gasteiger partial charge is 0.137 e. The first-order chi connectivity index (χ1) is 4.20. The second-order valence-electron chi connectivity index (χ2n) is 1.68. The Morgan fingerprint density at radius 2 is 2.22 bits per heavy atom. The fourth-order valence-corrected chi connectivity index (χ4v) is 0.337. The molecule has 0 fully saturated rings. The molecule has 0 aromatic carbocycles. The van der Waals surface area contributed by atoms with Crippen molar-refractivity contribution in [1.82, 2.24) is 5.32 Å². The second-order valence-corrected chi connectivity index (χ2v) is 1.68. The maximum absolute atomic E-state index is 5.42. The summed E-state index contributed by atoms with van der Waals surface area (Å²) in [7, 11) is 7.13. The molecule has 0 aromatic rings. The quantitative estimate of drug-likeness (QED) is 0.308. The van der Waals surface area contributed by atoms with Crippen molar-refractivity contribution in [1.29, 1.82) is 0 Å². The number of hydrogen-bond donors (Lipinski definition) is 1. The summed E-state index contributed by atoms with van der Waals surface area (Å²) in [5.41, 5.74) is 0.637. The van der Waals surface area contributed by atoms with Crippen LogP contribution in [0, 0.1) is 0 Å².